The van der Waals surface area contributed by atoms with Crippen molar-refractivity contribution in [2.75, 3.05) is 6.61 Å². The van der Waals surface area contributed by atoms with Gasteiger partial charge in [0.15, 0.2) is 0 Å². The molecule has 2 aromatic carbocycles. The first-order valence-corrected chi connectivity index (χ1v) is 15.0. The zero-order chi connectivity index (χ0) is 25.3. The Morgan fingerprint density at radius 3 is 2.32 bits per heavy atom. The molecule has 0 aromatic heterocycles. The third kappa shape index (κ3) is 9.25. The minimum Gasteiger partial charge on any atom is -0.465 e. The second-order valence-corrected chi connectivity index (χ2v) is 15.1. The van der Waals surface area contributed by atoms with E-state index in [4.69, 9.17) is 15.9 Å². The third-order valence-electron chi connectivity index (χ3n) is 4.75. The standard InChI is InChI=1S/C28H31FO4Si/c1-7-21-15-23(17-25(16-21)28(31)33-20(2)3)10-9-22-11-12-24(26(29)18-22)19-27(30)32-13-8-14-34(4,5)6/h1,11-12,15-18,20H,8,13-14,19H2,2-6H3. The fourth-order valence-corrected chi connectivity index (χ4v) is 4.30. The number of halogens is 1. The highest BCUT2D eigenvalue weighted by Crippen LogP contribution is 2.15. The van der Waals surface area contributed by atoms with Gasteiger partial charge in [-0.05, 0) is 56.2 Å². The van der Waals surface area contributed by atoms with E-state index < -0.39 is 25.8 Å². The molecule has 0 aliphatic rings. The SMILES string of the molecule is C#Cc1cc(C#Cc2ccc(CC(=O)OCCC[Si](C)(C)C)c(F)c2)cc(C(=O)OC(C)C)c1. The first kappa shape index (κ1) is 26.9. The summed E-state index contributed by atoms with van der Waals surface area (Å²) < 4.78 is 25.0. The Kier molecular flexibility index (Phi) is 9.66. The highest BCUT2D eigenvalue weighted by Gasteiger charge is 2.14. The number of rotatable bonds is 8. The molecule has 0 heterocycles. The van der Waals surface area contributed by atoms with Crippen molar-refractivity contribution in [3.8, 4) is 24.2 Å². The van der Waals surface area contributed by atoms with Crippen molar-refractivity contribution in [1.82, 2.24) is 0 Å². The summed E-state index contributed by atoms with van der Waals surface area (Å²) in [4.78, 5) is 24.3. The Bertz CT molecular complexity index is 1140. The molecular weight excluding hydrogens is 447 g/mol. The van der Waals surface area contributed by atoms with Crippen LogP contribution in [0.2, 0.25) is 25.7 Å². The molecule has 2 rings (SSSR count). The lowest BCUT2D eigenvalue weighted by Crippen LogP contribution is -2.20. The fraction of sp³-hybridized carbons (Fsp3) is 0.357. The van der Waals surface area contributed by atoms with E-state index in [0.717, 1.165) is 12.5 Å². The van der Waals surface area contributed by atoms with Gasteiger partial charge in [-0.15, -0.1) is 6.42 Å². The predicted molar refractivity (Wildman–Crippen MR) is 135 cm³/mol. The number of carbonyl (C=O) groups is 2. The maximum atomic E-state index is 14.5. The number of ether oxygens (including phenoxy) is 2. The number of hydrogen-bond acceptors (Lipinski definition) is 4. The largest absolute Gasteiger partial charge is 0.465 e. The van der Waals surface area contributed by atoms with Crippen LogP contribution < -0.4 is 0 Å². The van der Waals surface area contributed by atoms with Gasteiger partial charge in [-0.2, -0.15) is 0 Å². The van der Waals surface area contributed by atoms with Crippen LogP contribution in [0, 0.1) is 30.0 Å². The van der Waals surface area contributed by atoms with Crippen LogP contribution in [0.4, 0.5) is 4.39 Å². The second-order valence-electron chi connectivity index (χ2n) is 9.52. The van der Waals surface area contributed by atoms with E-state index in [1.54, 1.807) is 38.1 Å². The van der Waals surface area contributed by atoms with Gasteiger partial charge in [0.2, 0.25) is 0 Å². The molecule has 0 bridgehead atoms. The number of hydrogen-bond donors (Lipinski definition) is 0. The van der Waals surface area contributed by atoms with E-state index in [-0.39, 0.29) is 18.1 Å². The van der Waals surface area contributed by atoms with Crippen LogP contribution >= 0.6 is 0 Å². The Labute approximate surface area is 202 Å². The predicted octanol–water partition coefficient (Wildman–Crippen LogP) is 5.59. The molecule has 0 atom stereocenters. The monoisotopic (exact) mass is 478 g/mol. The first-order chi connectivity index (χ1) is 16.0. The van der Waals surface area contributed by atoms with Gasteiger partial charge in [-0.3, -0.25) is 4.79 Å². The lowest BCUT2D eigenvalue weighted by molar-refractivity contribution is -0.142. The molecule has 0 radical (unpaired) electrons. The molecule has 0 aliphatic carbocycles. The topological polar surface area (TPSA) is 52.6 Å². The molecule has 34 heavy (non-hydrogen) atoms. The summed E-state index contributed by atoms with van der Waals surface area (Å²) in [6.07, 6.45) is 5.93. The summed E-state index contributed by atoms with van der Waals surface area (Å²) in [5, 5.41) is 0. The lowest BCUT2D eigenvalue weighted by Gasteiger charge is -2.15. The quantitative estimate of drug-likeness (QED) is 0.215. The smallest absolute Gasteiger partial charge is 0.338 e. The molecular formula is C28H31FO4Si. The fourth-order valence-electron chi connectivity index (χ4n) is 3.09. The van der Waals surface area contributed by atoms with Crippen molar-refractivity contribution in [2.24, 2.45) is 0 Å². The van der Waals surface area contributed by atoms with E-state index in [1.165, 1.54) is 12.1 Å². The Morgan fingerprint density at radius 2 is 1.71 bits per heavy atom. The number of esters is 2. The molecule has 6 heteroatoms. The van der Waals surface area contributed by atoms with Gasteiger partial charge in [0.1, 0.15) is 5.82 Å². The normalized spacial score (nSPS) is 10.8. The minimum atomic E-state index is -1.17. The molecule has 4 nitrogen and oxygen atoms in total. The van der Waals surface area contributed by atoms with Crippen molar-refractivity contribution in [3.05, 3.63) is 70.0 Å². The highest BCUT2D eigenvalue weighted by molar-refractivity contribution is 6.76. The average Bonchev–Trinajstić information content (AvgIpc) is 2.75. The molecule has 0 saturated carbocycles. The Hall–Kier alpha value is -3.35. The van der Waals surface area contributed by atoms with Crippen LogP contribution in [0.1, 0.15) is 52.9 Å². The second kappa shape index (κ2) is 12.2. The van der Waals surface area contributed by atoms with Crippen molar-refractivity contribution in [2.45, 2.75) is 58.5 Å². The molecule has 0 fully saturated rings. The van der Waals surface area contributed by atoms with E-state index in [1.807, 2.05) is 0 Å². The van der Waals surface area contributed by atoms with Crippen LogP contribution in [0.5, 0.6) is 0 Å². The van der Waals surface area contributed by atoms with Crippen LogP contribution in [-0.4, -0.2) is 32.7 Å². The van der Waals surface area contributed by atoms with Gasteiger partial charge in [0.05, 0.1) is 24.7 Å². The number of terminal acetylenes is 1. The maximum absolute atomic E-state index is 14.5. The van der Waals surface area contributed by atoms with E-state index in [0.29, 0.717) is 28.9 Å². The third-order valence-corrected chi connectivity index (χ3v) is 6.60. The van der Waals surface area contributed by atoms with Crippen molar-refractivity contribution >= 4 is 20.0 Å². The van der Waals surface area contributed by atoms with Crippen LogP contribution in [-0.2, 0) is 20.7 Å². The van der Waals surface area contributed by atoms with Crippen molar-refractivity contribution < 1.29 is 23.5 Å². The van der Waals surface area contributed by atoms with Crippen LogP contribution in [0.3, 0.4) is 0 Å². The first-order valence-electron chi connectivity index (χ1n) is 11.3. The van der Waals surface area contributed by atoms with Crippen LogP contribution in [0.25, 0.3) is 0 Å². The zero-order valence-corrected chi connectivity index (χ0v) is 21.5. The maximum Gasteiger partial charge on any atom is 0.338 e. The molecule has 0 amide bonds. The molecule has 0 saturated heterocycles. The zero-order valence-electron chi connectivity index (χ0n) is 20.5. The molecule has 0 N–H and O–H groups in total. The Balaban J connectivity index is 2.08. The van der Waals surface area contributed by atoms with Crippen molar-refractivity contribution in [3.63, 3.8) is 0 Å². The summed E-state index contributed by atoms with van der Waals surface area (Å²) >= 11 is 0. The molecule has 178 valence electrons. The van der Waals surface area contributed by atoms with Gasteiger partial charge in [-0.25, -0.2) is 9.18 Å². The van der Waals surface area contributed by atoms with E-state index in [9.17, 15) is 14.0 Å². The van der Waals surface area contributed by atoms with Crippen LogP contribution in [0.15, 0.2) is 36.4 Å². The van der Waals surface area contributed by atoms with E-state index in [2.05, 4.69) is 37.4 Å². The van der Waals surface area contributed by atoms with E-state index >= 15 is 0 Å². The van der Waals surface area contributed by atoms with Gasteiger partial charge >= 0.3 is 11.9 Å². The summed E-state index contributed by atoms with van der Waals surface area (Å²) in [7, 11) is -1.17. The summed E-state index contributed by atoms with van der Waals surface area (Å²) in [6, 6.07) is 10.3. The summed E-state index contributed by atoms with van der Waals surface area (Å²) in [5.41, 5.74) is 2.00. The Morgan fingerprint density at radius 1 is 1.03 bits per heavy atom. The van der Waals surface area contributed by atoms with Crippen molar-refractivity contribution in [1.29, 1.82) is 0 Å². The molecule has 2 aromatic rings. The number of benzene rings is 2. The lowest BCUT2D eigenvalue weighted by atomic mass is 10.0. The average molecular weight is 479 g/mol. The van der Waals surface area contributed by atoms with Gasteiger partial charge in [0.25, 0.3) is 0 Å². The summed E-state index contributed by atoms with van der Waals surface area (Å²) in [6.45, 7) is 10.7. The minimum absolute atomic E-state index is 0.127. The van der Waals surface area contributed by atoms with Gasteiger partial charge in [-0.1, -0.05) is 49.5 Å². The highest BCUT2D eigenvalue weighted by atomic mass is 28.3. The molecule has 0 aliphatic heterocycles. The molecule has 0 spiro atoms. The number of carbonyl (C=O) groups excluding carboxylic acids is 2. The van der Waals surface area contributed by atoms with Gasteiger partial charge < -0.3 is 9.47 Å². The molecule has 0 unspecified atom stereocenters. The van der Waals surface area contributed by atoms with Gasteiger partial charge in [0, 0.05) is 24.8 Å². The summed E-state index contributed by atoms with van der Waals surface area (Å²) in [5.74, 6) is 6.82.